The van der Waals surface area contributed by atoms with Crippen molar-refractivity contribution in [3.8, 4) is 0 Å². The average molecular weight is 674 g/mol. The first-order valence-corrected chi connectivity index (χ1v) is 11.6. The number of rotatable bonds is 9. The molecule has 0 spiro atoms. The molecule has 1 atom stereocenters. The van der Waals surface area contributed by atoms with Crippen LogP contribution in [0.2, 0.25) is 0 Å². The molecule has 4 saturated carbocycles. The Morgan fingerprint density at radius 3 is 1.97 bits per heavy atom. The van der Waals surface area contributed by atoms with E-state index in [9.17, 15) is 27.2 Å². The summed E-state index contributed by atoms with van der Waals surface area (Å²) >= 11 is 0. The predicted molar refractivity (Wildman–Crippen MR) is 92.2 cm³/mol. The van der Waals surface area contributed by atoms with E-state index in [0.29, 0.717) is 37.0 Å². The summed E-state index contributed by atoms with van der Waals surface area (Å²) in [4.78, 5) is 25.6. The number of ether oxygens (including phenoxy) is 3. The summed E-state index contributed by atoms with van der Waals surface area (Å²) in [6.45, 7) is 0.727. The Bertz CT molecular complexity index is 645. The zero-order valence-corrected chi connectivity index (χ0v) is 19.6. The predicted octanol–water partition coefficient (Wildman–Crippen LogP) is 4.21. The van der Waals surface area contributed by atoms with Gasteiger partial charge >= 0.3 is 167 Å². The van der Waals surface area contributed by atoms with Crippen LogP contribution in [0.1, 0.15) is 58.8 Å². The molecule has 10 heteroatoms. The summed E-state index contributed by atoms with van der Waals surface area (Å²) in [5.41, 5.74) is -0.695. The van der Waals surface area contributed by atoms with Gasteiger partial charge in [0, 0.05) is 0 Å². The summed E-state index contributed by atoms with van der Waals surface area (Å²) in [6, 6.07) is 0. The van der Waals surface area contributed by atoms with Crippen LogP contribution in [0.4, 0.5) is 17.6 Å². The Labute approximate surface area is 167 Å². The summed E-state index contributed by atoms with van der Waals surface area (Å²) in [6.07, 6.45) is 1.80. The van der Waals surface area contributed by atoms with Gasteiger partial charge in [0.1, 0.15) is 0 Å². The first-order valence-electron chi connectivity index (χ1n) is 10.3. The van der Waals surface area contributed by atoms with Crippen molar-refractivity contribution in [1.82, 2.24) is 0 Å². The summed E-state index contributed by atoms with van der Waals surface area (Å²) in [7, 11) is 0. The van der Waals surface area contributed by atoms with Gasteiger partial charge in [-0.3, -0.25) is 0 Å². The van der Waals surface area contributed by atoms with Gasteiger partial charge in [0.05, 0.1) is 0 Å². The fraction of sp³-hybridized carbons (Fsp3) is 0.900. The molecule has 0 heterocycles. The molecule has 0 aliphatic heterocycles. The van der Waals surface area contributed by atoms with E-state index in [1.54, 1.807) is 0 Å². The second kappa shape index (κ2) is 7.39. The van der Waals surface area contributed by atoms with Gasteiger partial charge in [-0.05, 0) is 0 Å². The molecule has 0 N–H and O–H groups in total. The Morgan fingerprint density at radius 2 is 1.53 bits per heavy atom. The Hall–Kier alpha value is -2.38. The van der Waals surface area contributed by atoms with E-state index in [1.165, 1.54) is 6.92 Å². The quantitative estimate of drug-likeness (QED) is 0.209. The molecule has 4 aliphatic carbocycles. The van der Waals surface area contributed by atoms with Gasteiger partial charge in [0.15, 0.2) is 0 Å². The molecule has 4 aliphatic rings. The van der Waals surface area contributed by atoms with E-state index in [1.807, 2.05) is 0 Å². The van der Waals surface area contributed by atoms with Crippen molar-refractivity contribution in [2.24, 2.45) is 23.2 Å². The van der Waals surface area contributed by atoms with E-state index in [-0.39, 0.29) is 13.5 Å². The SMILES string of the molecule is CCOC(=O)[C]([Cf])(OCCC(F)(F)C(C)(F)F)OC(=O)C12CC3CC(CC(C3)C1)C2. The third-order valence-electron chi connectivity index (χ3n) is 6.53. The molecular formula is C20H27CfF4O5. The van der Waals surface area contributed by atoms with Gasteiger partial charge < -0.3 is 0 Å². The van der Waals surface area contributed by atoms with Crippen LogP contribution in [0.3, 0.4) is 0 Å². The third kappa shape index (κ3) is 4.09. The van der Waals surface area contributed by atoms with Gasteiger partial charge in [0.2, 0.25) is 0 Å². The molecule has 4 rings (SSSR count). The molecule has 0 saturated heterocycles. The van der Waals surface area contributed by atoms with Gasteiger partial charge in [0.25, 0.3) is 0 Å². The topological polar surface area (TPSA) is 61.8 Å². The zero-order chi connectivity index (χ0) is 22.4. The van der Waals surface area contributed by atoms with Crippen LogP contribution in [-0.2, 0) is 23.8 Å². The minimum atomic E-state index is -4.32. The van der Waals surface area contributed by atoms with Crippen molar-refractivity contribution in [2.75, 3.05) is 13.2 Å². The molecular weight excluding hydrogens is 647 g/mol. The van der Waals surface area contributed by atoms with Gasteiger partial charge in [-0.25, -0.2) is 0 Å². The molecule has 4 fully saturated rings. The maximum atomic E-state index is 13.6. The van der Waals surface area contributed by atoms with Crippen LogP contribution in [0, 0.1) is 23.2 Å². The van der Waals surface area contributed by atoms with Crippen molar-refractivity contribution in [3.63, 3.8) is 0 Å². The van der Waals surface area contributed by atoms with E-state index < -0.39 is 48.5 Å². The van der Waals surface area contributed by atoms with Crippen molar-refractivity contribution >= 4 is 11.9 Å². The Balaban J connectivity index is 1.70. The molecule has 4 bridgehead atoms. The fourth-order valence-corrected chi connectivity index (χ4v) is 6.15. The number of esters is 2. The van der Waals surface area contributed by atoms with Crippen molar-refractivity contribution in [1.29, 1.82) is 0 Å². The molecule has 0 aromatic carbocycles. The number of halogens is 4. The number of carbonyl (C=O) groups is 2. The molecule has 0 aromatic heterocycles. The van der Waals surface area contributed by atoms with Crippen molar-refractivity contribution < 1.29 is 41.4 Å². The van der Waals surface area contributed by atoms with Gasteiger partial charge in [-0.2, -0.15) is 0 Å². The molecule has 175 valence electrons. The number of alkyl halides is 4. The molecule has 5 nitrogen and oxygen atoms in total. The maximum absolute atomic E-state index is 13.6. The second-order valence-corrected chi connectivity index (χ2v) is 10.7. The molecule has 0 radical (unpaired) electrons. The van der Waals surface area contributed by atoms with E-state index in [4.69, 9.17) is 14.2 Å². The van der Waals surface area contributed by atoms with Crippen molar-refractivity contribution in [2.45, 2.75) is 76.9 Å². The second-order valence-electron chi connectivity index (χ2n) is 8.99. The average Bonchev–Trinajstić information content (AvgIpc) is 2.59. The monoisotopic (exact) mass is 672 g/mol. The van der Waals surface area contributed by atoms with Gasteiger partial charge in [-0.1, -0.05) is 0 Å². The first-order chi connectivity index (χ1) is 13.8. The van der Waals surface area contributed by atoms with Crippen LogP contribution in [0.15, 0.2) is 0 Å². The van der Waals surface area contributed by atoms with Crippen LogP contribution in [0.25, 0.3) is 0 Å². The Morgan fingerprint density at radius 1 is 1.03 bits per heavy atom. The third-order valence-corrected chi connectivity index (χ3v) is 7.72. The van der Waals surface area contributed by atoms with E-state index in [2.05, 4.69) is 0 Å². The zero-order valence-electron chi connectivity index (χ0n) is 17.0. The van der Waals surface area contributed by atoms with Crippen LogP contribution in [0.5, 0.6) is 0 Å². The summed E-state index contributed by atoms with van der Waals surface area (Å²) in [5.74, 6) is -8.81. The van der Waals surface area contributed by atoms with Crippen LogP contribution in [-0.4, -0.2) is 43.3 Å². The van der Waals surface area contributed by atoms with Crippen molar-refractivity contribution in [3.05, 3.63) is 0 Å². The number of hydrogen-bond acceptors (Lipinski definition) is 5. The van der Waals surface area contributed by atoms with Crippen LogP contribution < -0.4 is 0 Å². The molecule has 0 aromatic rings. The Kier molecular flexibility index (Phi) is 5.50. The molecule has 30 heavy (non-hydrogen) atoms. The van der Waals surface area contributed by atoms with E-state index in [0.717, 1.165) is 19.3 Å². The summed E-state index contributed by atoms with van der Waals surface area (Å²) < 4.78 is 69.5. The standard InChI is InChI=1S/C20H27F4O5.Cf/c1-3-27-15(25)16(28-5-4-20(23,24)18(2,21)22)29-17(26)19-9-12-6-13(10-19)8-14(7-12)11-19;/h12-14H,3-11H2,1-2H3;. The minimum absolute atomic E-state index is 0.0384. The molecule has 1 unspecified atom stereocenters. The summed E-state index contributed by atoms with van der Waals surface area (Å²) in [5, 5.41) is 0. The number of carbonyl (C=O) groups excluding carboxylic acids is 2. The van der Waals surface area contributed by atoms with Gasteiger partial charge in [-0.15, -0.1) is 0 Å². The first kappa shape index (κ1) is 22.3. The normalized spacial score (nSPS) is 32.6. The fourth-order valence-electron chi connectivity index (χ4n) is 5.45. The molecule has 0 amide bonds. The number of hydrogen-bond donors (Lipinski definition) is 0. The van der Waals surface area contributed by atoms with E-state index >= 15 is 0 Å². The van der Waals surface area contributed by atoms with Crippen LogP contribution >= 0.6 is 0 Å².